The summed E-state index contributed by atoms with van der Waals surface area (Å²) in [5.74, 6) is 1.70. The predicted octanol–water partition coefficient (Wildman–Crippen LogP) is 4.58. The van der Waals surface area contributed by atoms with E-state index in [0.29, 0.717) is 0 Å². The Labute approximate surface area is 144 Å². The molecular formula is C20H26N2O2. The standard InChI is InChI=1S/C13H17NO.C7H9NO/c1-9-8-13(2,3)14-12-7-10(15-4)5-6-11(9)12;1-9-7-4-2-3-6(8)5-7/h5-8,14H,1-4H3;2-5H,8H2,1H3. The smallest absolute Gasteiger partial charge is 0.120 e. The summed E-state index contributed by atoms with van der Waals surface area (Å²) >= 11 is 0. The van der Waals surface area contributed by atoms with Crippen LogP contribution in [0.3, 0.4) is 0 Å². The lowest BCUT2D eigenvalue weighted by atomic mass is 9.91. The molecule has 3 N–H and O–H groups in total. The monoisotopic (exact) mass is 326 g/mol. The number of hydrogen-bond donors (Lipinski definition) is 2. The van der Waals surface area contributed by atoms with Gasteiger partial charge in [0, 0.05) is 29.1 Å². The highest BCUT2D eigenvalue weighted by Crippen LogP contribution is 2.35. The topological polar surface area (TPSA) is 56.5 Å². The minimum absolute atomic E-state index is 0.0173. The maximum absolute atomic E-state index is 5.45. The van der Waals surface area contributed by atoms with Gasteiger partial charge in [0.15, 0.2) is 0 Å². The van der Waals surface area contributed by atoms with E-state index < -0.39 is 0 Å². The highest BCUT2D eigenvalue weighted by molar-refractivity contribution is 5.80. The van der Waals surface area contributed by atoms with Crippen LogP contribution in [0.2, 0.25) is 0 Å². The third-order valence-corrected chi connectivity index (χ3v) is 3.78. The van der Waals surface area contributed by atoms with Crippen molar-refractivity contribution in [1.29, 1.82) is 0 Å². The lowest BCUT2D eigenvalue weighted by Crippen LogP contribution is -2.31. The van der Waals surface area contributed by atoms with Crippen LogP contribution in [0.4, 0.5) is 11.4 Å². The molecule has 4 heteroatoms. The second-order valence-electron chi connectivity index (χ2n) is 6.36. The average molecular weight is 326 g/mol. The fraction of sp³-hybridized carbons (Fsp3) is 0.300. The van der Waals surface area contributed by atoms with Gasteiger partial charge in [0.25, 0.3) is 0 Å². The van der Waals surface area contributed by atoms with Crippen molar-refractivity contribution in [2.24, 2.45) is 0 Å². The molecule has 0 fully saturated rings. The van der Waals surface area contributed by atoms with Crippen LogP contribution in [0, 0.1) is 0 Å². The molecule has 2 aromatic rings. The van der Waals surface area contributed by atoms with Gasteiger partial charge in [-0.25, -0.2) is 0 Å². The van der Waals surface area contributed by atoms with Gasteiger partial charge in [-0.05, 0) is 50.6 Å². The van der Waals surface area contributed by atoms with Crippen LogP contribution in [-0.4, -0.2) is 19.8 Å². The third-order valence-electron chi connectivity index (χ3n) is 3.78. The fourth-order valence-corrected chi connectivity index (χ4v) is 2.74. The summed E-state index contributed by atoms with van der Waals surface area (Å²) in [4.78, 5) is 0. The van der Waals surface area contributed by atoms with Crippen molar-refractivity contribution in [2.75, 3.05) is 25.3 Å². The minimum atomic E-state index is 0.0173. The van der Waals surface area contributed by atoms with Crippen molar-refractivity contribution in [3.63, 3.8) is 0 Å². The fourth-order valence-electron chi connectivity index (χ4n) is 2.74. The normalized spacial score (nSPS) is 14.3. The van der Waals surface area contributed by atoms with E-state index in [4.69, 9.17) is 15.2 Å². The van der Waals surface area contributed by atoms with E-state index in [1.807, 2.05) is 30.3 Å². The largest absolute Gasteiger partial charge is 0.497 e. The van der Waals surface area contributed by atoms with E-state index in [9.17, 15) is 0 Å². The Hall–Kier alpha value is -2.62. The van der Waals surface area contributed by atoms with Crippen LogP contribution < -0.4 is 20.5 Å². The van der Waals surface area contributed by atoms with Crippen LogP contribution >= 0.6 is 0 Å². The Balaban J connectivity index is 0.000000198. The summed E-state index contributed by atoms with van der Waals surface area (Å²) in [7, 11) is 3.31. The highest BCUT2D eigenvalue weighted by atomic mass is 16.5. The van der Waals surface area contributed by atoms with Crippen molar-refractivity contribution in [3.8, 4) is 11.5 Å². The number of benzene rings is 2. The molecule has 24 heavy (non-hydrogen) atoms. The van der Waals surface area contributed by atoms with Crippen LogP contribution in [0.1, 0.15) is 26.3 Å². The van der Waals surface area contributed by atoms with Crippen molar-refractivity contribution in [2.45, 2.75) is 26.3 Å². The Morgan fingerprint density at radius 1 is 0.958 bits per heavy atom. The Kier molecular flexibility index (Phi) is 5.39. The number of fused-ring (bicyclic) bond motifs is 1. The molecule has 1 aliphatic rings. The Morgan fingerprint density at radius 3 is 2.21 bits per heavy atom. The minimum Gasteiger partial charge on any atom is -0.497 e. The highest BCUT2D eigenvalue weighted by Gasteiger charge is 2.22. The van der Waals surface area contributed by atoms with E-state index in [-0.39, 0.29) is 5.54 Å². The maximum atomic E-state index is 5.45. The summed E-state index contributed by atoms with van der Waals surface area (Å²) in [5, 5.41) is 3.48. The molecule has 4 nitrogen and oxygen atoms in total. The molecule has 0 atom stereocenters. The van der Waals surface area contributed by atoms with Crippen LogP contribution in [0.15, 0.2) is 48.5 Å². The molecule has 1 aliphatic heterocycles. The summed E-state index contributed by atoms with van der Waals surface area (Å²) in [5.41, 5.74) is 9.93. The lowest BCUT2D eigenvalue weighted by Gasteiger charge is -2.31. The Bertz CT molecular complexity index is 736. The number of methoxy groups -OCH3 is 2. The zero-order chi connectivity index (χ0) is 17.7. The number of allylic oxidation sites excluding steroid dienone is 1. The molecule has 0 amide bonds. The van der Waals surface area contributed by atoms with Gasteiger partial charge < -0.3 is 20.5 Å². The van der Waals surface area contributed by atoms with E-state index >= 15 is 0 Å². The zero-order valence-electron chi connectivity index (χ0n) is 15.0. The summed E-state index contributed by atoms with van der Waals surface area (Å²) in [6.45, 7) is 6.48. The molecular weight excluding hydrogens is 300 g/mol. The molecule has 0 bridgehead atoms. The van der Waals surface area contributed by atoms with Crippen LogP contribution in [0.5, 0.6) is 11.5 Å². The lowest BCUT2D eigenvalue weighted by molar-refractivity contribution is 0.415. The molecule has 0 aliphatic carbocycles. The van der Waals surface area contributed by atoms with E-state index in [0.717, 1.165) is 22.9 Å². The number of nitrogens with two attached hydrogens (primary N) is 1. The zero-order valence-corrected chi connectivity index (χ0v) is 15.0. The first kappa shape index (κ1) is 17.7. The van der Waals surface area contributed by atoms with Gasteiger partial charge in [-0.2, -0.15) is 0 Å². The van der Waals surface area contributed by atoms with E-state index in [1.165, 1.54) is 11.1 Å². The molecule has 0 unspecified atom stereocenters. The first-order valence-corrected chi connectivity index (χ1v) is 7.90. The molecule has 0 spiro atoms. The number of anilines is 2. The quantitative estimate of drug-likeness (QED) is 0.793. The predicted molar refractivity (Wildman–Crippen MR) is 102 cm³/mol. The van der Waals surface area contributed by atoms with Crippen LogP contribution in [-0.2, 0) is 0 Å². The number of nitrogens with one attached hydrogen (secondary N) is 1. The first-order valence-electron chi connectivity index (χ1n) is 7.90. The second-order valence-corrected chi connectivity index (χ2v) is 6.36. The molecule has 0 radical (unpaired) electrons. The molecule has 0 saturated carbocycles. The number of nitrogen functional groups attached to an aromatic ring is 1. The molecule has 3 rings (SSSR count). The van der Waals surface area contributed by atoms with Gasteiger partial charge in [0.1, 0.15) is 11.5 Å². The summed E-state index contributed by atoms with van der Waals surface area (Å²) < 4.78 is 10.1. The molecule has 0 saturated heterocycles. The number of hydrogen-bond acceptors (Lipinski definition) is 4. The SMILES string of the molecule is COc1ccc2c(c1)NC(C)(C)C=C2C.COc1cccc(N)c1. The number of rotatable bonds is 2. The van der Waals surface area contributed by atoms with Gasteiger partial charge in [-0.15, -0.1) is 0 Å². The van der Waals surface area contributed by atoms with Gasteiger partial charge in [-0.1, -0.05) is 12.1 Å². The number of ether oxygens (including phenoxy) is 2. The van der Waals surface area contributed by atoms with Gasteiger partial charge in [0.2, 0.25) is 0 Å². The van der Waals surface area contributed by atoms with Gasteiger partial charge in [-0.3, -0.25) is 0 Å². The van der Waals surface area contributed by atoms with Gasteiger partial charge in [0.05, 0.1) is 19.8 Å². The second kappa shape index (κ2) is 7.30. The van der Waals surface area contributed by atoms with Crippen molar-refractivity contribution in [1.82, 2.24) is 0 Å². The van der Waals surface area contributed by atoms with Gasteiger partial charge >= 0.3 is 0 Å². The van der Waals surface area contributed by atoms with Crippen molar-refractivity contribution in [3.05, 3.63) is 54.1 Å². The van der Waals surface area contributed by atoms with E-state index in [1.54, 1.807) is 20.3 Å². The van der Waals surface area contributed by atoms with E-state index in [2.05, 4.69) is 38.2 Å². The summed E-state index contributed by atoms with van der Waals surface area (Å²) in [6, 6.07) is 13.5. The van der Waals surface area contributed by atoms with Crippen LogP contribution in [0.25, 0.3) is 5.57 Å². The first-order chi connectivity index (χ1) is 11.3. The Morgan fingerprint density at radius 2 is 1.62 bits per heavy atom. The maximum Gasteiger partial charge on any atom is 0.120 e. The molecule has 128 valence electrons. The van der Waals surface area contributed by atoms with Crippen molar-refractivity contribution >= 4 is 16.9 Å². The summed E-state index contributed by atoms with van der Waals surface area (Å²) in [6.07, 6.45) is 2.25. The molecule has 0 aromatic heterocycles. The molecule has 1 heterocycles. The van der Waals surface area contributed by atoms with Crippen molar-refractivity contribution < 1.29 is 9.47 Å². The molecule has 2 aromatic carbocycles. The average Bonchev–Trinajstić information content (AvgIpc) is 2.53. The third kappa shape index (κ3) is 4.44.